The molecule has 0 aliphatic heterocycles. The van der Waals surface area contributed by atoms with E-state index in [9.17, 15) is 0 Å². The van der Waals surface area contributed by atoms with Crippen molar-refractivity contribution in [1.29, 1.82) is 0 Å². The molecule has 0 aliphatic rings. The Bertz CT molecular complexity index is 580. The average Bonchev–Trinajstić information content (AvgIpc) is 2.70. The van der Waals surface area contributed by atoms with E-state index in [0.29, 0.717) is 0 Å². The van der Waals surface area contributed by atoms with E-state index in [0.717, 1.165) is 22.1 Å². The summed E-state index contributed by atoms with van der Waals surface area (Å²) >= 11 is 0. The van der Waals surface area contributed by atoms with E-state index in [1.165, 1.54) is 5.09 Å². The molecule has 0 bridgehead atoms. The largest absolute Gasteiger partial charge is 0.306 e. The third-order valence-corrected chi connectivity index (χ3v) is 1.88. The lowest BCUT2D eigenvalue weighted by atomic mass is 10.3. The molecule has 0 radical (unpaired) electrons. The topological polar surface area (TPSA) is 57.4 Å². The summed E-state index contributed by atoms with van der Waals surface area (Å²) in [6, 6.07) is 3.78. The second kappa shape index (κ2) is 1.85. The second-order valence-corrected chi connectivity index (χ2v) is 2.64. The first kappa shape index (κ1) is 4.92. The number of pyridine rings is 1. The molecule has 0 aliphatic carbocycles. The number of nitrogens with one attached hydrogen (secondary N) is 2. The first-order chi connectivity index (χ1) is 6.34. The smallest absolute Gasteiger partial charge is 0.188 e. The van der Waals surface area contributed by atoms with Gasteiger partial charge in [0.25, 0.3) is 0 Å². The maximum absolute atomic E-state index is 7.47. The number of H-pyrrole nitrogens is 2. The molecule has 12 heavy (non-hydrogen) atoms. The maximum atomic E-state index is 7.47. The van der Waals surface area contributed by atoms with Gasteiger partial charge in [0.15, 0.2) is 7.06 Å². The SMILES string of the molecule is [2H]n1[nH]cc2nc3nccc3cc21. The lowest BCUT2D eigenvalue weighted by Gasteiger charge is -1.87. The predicted molar refractivity (Wildman–Crippen MR) is 45.7 cm³/mol. The Kier molecular flexibility index (Phi) is 0.759. The van der Waals surface area contributed by atoms with Gasteiger partial charge in [-0.05, 0) is 12.1 Å². The molecule has 3 aromatic heterocycles. The van der Waals surface area contributed by atoms with Gasteiger partial charge in [0, 0.05) is 17.8 Å². The van der Waals surface area contributed by atoms with E-state index in [1.54, 1.807) is 12.4 Å². The normalized spacial score (nSPS) is 12.5. The minimum Gasteiger partial charge on any atom is -0.306 e. The van der Waals surface area contributed by atoms with Crippen molar-refractivity contribution in [3.63, 3.8) is 0 Å². The van der Waals surface area contributed by atoms with E-state index < -0.39 is 0 Å². The van der Waals surface area contributed by atoms with E-state index in [1.807, 2.05) is 12.1 Å². The molecule has 0 saturated heterocycles. The predicted octanol–water partition coefficient (Wildman–Crippen LogP) is 1.44. The van der Waals surface area contributed by atoms with Crippen molar-refractivity contribution in [3.8, 4) is 0 Å². The Morgan fingerprint density at radius 1 is 1.50 bits per heavy atom. The number of aromatic nitrogens is 4. The van der Waals surface area contributed by atoms with Gasteiger partial charge in [-0.1, -0.05) is 0 Å². The van der Waals surface area contributed by atoms with E-state index >= 15 is 0 Å². The monoisotopic (exact) mass is 159 g/mol. The van der Waals surface area contributed by atoms with Crippen molar-refractivity contribution in [2.24, 2.45) is 0 Å². The molecule has 4 nitrogen and oxygen atoms in total. The van der Waals surface area contributed by atoms with Crippen LogP contribution in [0.25, 0.3) is 22.1 Å². The van der Waals surface area contributed by atoms with Gasteiger partial charge in [0.05, 0.1) is 5.52 Å². The molecule has 3 heterocycles. The molecule has 0 unspecified atom stereocenters. The van der Waals surface area contributed by atoms with Crippen LogP contribution in [0, 0.1) is 0 Å². The van der Waals surface area contributed by atoms with Gasteiger partial charge >= 0.3 is 0 Å². The highest BCUT2D eigenvalue weighted by atomic mass is 15.1. The molecule has 0 saturated carbocycles. The molecule has 0 aromatic carbocycles. The highest BCUT2D eigenvalue weighted by Crippen LogP contribution is 2.15. The molecular weight excluding hydrogens is 152 g/mol. The summed E-state index contributed by atoms with van der Waals surface area (Å²) in [5.74, 6) is 0. The van der Waals surface area contributed by atoms with Gasteiger partial charge in [-0.2, -0.15) is 0 Å². The van der Waals surface area contributed by atoms with Gasteiger partial charge < -0.3 is 5.10 Å². The van der Waals surface area contributed by atoms with Crippen molar-refractivity contribution in [3.05, 3.63) is 24.5 Å². The van der Waals surface area contributed by atoms with Gasteiger partial charge in [-0.15, -0.1) is 0 Å². The molecule has 0 amide bonds. The maximum Gasteiger partial charge on any atom is 0.188 e. The fourth-order valence-corrected chi connectivity index (χ4v) is 1.29. The lowest BCUT2D eigenvalue weighted by molar-refractivity contribution is 1.12. The van der Waals surface area contributed by atoms with Crippen molar-refractivity contribution < 1.29 is 1.41 Å². The Morgan fingerprint density at radius 2 is 2.50 bits per heavy atom. The number of fused-ring (bicyclic) bond motifs is 2. The molecule has 3 aromatic rings. The Hall–Kier alpha value is -1.84. The molecule has 0 spiro atoms. The molecular formula is C8H6N4. The molecule has 2 N–H and O–H groups in total. The number of aromatic amines is 2. The van der Waals surface area contributed by atoms with Crippen LogP contribution in [0.2, 0.25) is 1.41 Å². The van der Waals surface area contributed by atoms with E-state index in [4.69, 9.17) is 1.41 Å². The summed E-state index contributed by atoms with van der Waals surface area (Å²) in [6.07, 6.45) is 3.41. The highest BCUT2D eigenvalue weighted by Gasteiger charge is 2.00. The van der Waals surface area contributed by atoms with Gasteiger partial charge in [-0.3, -0.25) is 5.09 Å². The molecule has 58 valence electrons. The van der Waals surface area contributed by atoms with Crippen LogP contribution >= 0.6 is 0 Å². The lowest BCUT2D eigenvalue weighted by Crippen LogP contribution is -1.76. The van der Waals surface area contributed by atoms with Crippen LogP contribution in [0.3, 0.4) is 0 Å². The second-order valence-electron chi connectivity index (χ2n) is 2.64. The Balaban J connectivity index is 2.59. The zero-order valence-electron chi connectivity index (χ0n) is 7.15. The van der Waals surface area contributed by atoms with Gasteiger partial charge in [-0.25, -0.2) is 9.97 Å². The zero-order valence-corrected chi connectivity index (χ0v) is 6.15. The van der Waals surface area contributed by atoms with Crippen molar-refractivity contribution in [2.45, 2.75) is 0 Å². The molecule has 0 atom stereocenters. The van der Waals surface area contributed by atoms with Crippen molar-refractivity contribution in [1.82, 2.24) is 20.2 Å². The summed E-state index contributed by atoms with van der Waals surface area (Å²) in [6.45, 7) is 0. The average molecular weight is 159 g/mol. The highest BCUT2D eigenvalue weighted by molar-refractivity contribution is 5.88. The first-order valence-corrected chi connectivity index (χ1v) is 3.65. The number of hydrogen-bond donors (Lipinski definition) is 2. The van der Waals surface area contributed by atoms with Crippen molar-refractivity contribution in [2.75, 3.05) is 0 Å². The van der Waals surface area contributed by atoms with Crippen LogP contribution in [0.5, 0.6) is 0 Å². The summed E-state index contributed by atoms with van der Waals surface area (Å²) in [4.78, 5) is 8.36. The number of hydrogen-bond acceptors (Lipinski definition) is 2. The van der Waals surface area contributed by atoms with E-state index in [-0.39, 0.29) is 0 Å². The minimum atomic E-state index is 0.729. The summed E-state index contributed by atoms with van der Waals surface area (Å²) in [7, 11) is 0. The van der Waals surface area contributed by atoms with Gasteiger partial charge in [0.1, 0.15) is 5.52 Å². The zero-order chi connectivity index (χ0) is 8.84. The summed E-state index contributed by atoms with van der Waals surface area (Å²) < 4.78 is 7.47. The Labute approximate surface area is 69.1 Å². The van der Waals surface area contributed by atoms with Crippen LogP contribution in [-0.2, 0) is 0 Å². The molecule has 0 fully saturated rings. The quantitative estimate of drug-likeness (QED) is 0.521. The third kappa shape index (κ3) is 0.611. The van der Waals surface area contributed by atoms with Crippen LogP contribution < -0.4 is 0 Å². The van der Waals surface area contributed by atoms with Gasteiger partial charge in [0.2, 0.25) is 0 Å². The summed E-state index contributed by atoms with van der Waals surface area (Å²) in [5.41, 5.74) is 2.26. The standard InChI is InChI=1S/C8H6N4/c1-2-9-8-5(1)3-6-7(11-8)4-10-12-6/h1-4,10,12H/i/hD. The fraction of sp³-hybridized carbons (Fsp3) is 0. The van der Waals surface area contributed by atoms with Crippen LogP contribution in [0.1, 0.15) is 0 Å². The molecule has 3 rings (SSSR count). The summed E-state index contributed by atoms with van der Waals surface area (Å²) in [5, 5.41) is 4.89. The third-order valence-electron chi connectivity index (χ3n) is 1.88. The fourth-order valence-electron chi connectivity index (χ4n) is 1.29. The van der Waals surface area contributed by atoms with Crippen LogP contribution in [0.15, 0.2) is 24.5 Å². The molecule has 4 heteroatoms. The van der Waals surface area contributed by atoms with Crippen LogP contribution in [0.4, 0.5) is 0 Å². The minimum absolute atomic E-state index is 0.729. The van der Waals surface area contributed by atoms with Crippen molar-refractivity contribution >= 4 is 22.1 Å². The first-order valence-electron chi connectivity index (χ1n) is 4.10. The number of rotatable bonds is 0. The van der Waals surface area contributed by atoms with E-state index in [2.05, 4.69) is 15.1 Å². The Morgan fingerprint density at radius 3 is 3.50 bits per heavy atom. The number of nitrogens with zero attached hydrogens (tertiary/aromatic N) is 2. The van der Waals surface area contributed by atoms with Crippen LogP contribution in [-0.4, -0.2) is 20.2 Å².